The molecule has 1 spiro atoms. The van der Waals surface area contributed by atoms with Crippen molar-refractivity contribution in [3.8, 4) is 0 Å². The van der Waals surface area contributed by atoms with E-state index >= 15 is 0 Å². The van der Waals surface area contributed by atoms with Crippen molar-refractivity contribution < 1.29 is 19.1 Å². The molecule has 2 aliphatic heterocycles. The molecule has 0 bridgehead atoms. The molecule has 1 amide bonds. The van der Waals surface area contributed by atoms with Crippen LogP contribution >= 0.6 is 0 Å². The largest absolute Gasteiger partial charge is 0.466 e. The number of nitrogens with one attached hydrogen (secondary N) is 1. The monoisotopic (exact) mass is 471 g/mol. The molecule has 0 fully saturated rings. The van der Waals surface area contributed by atoms with Crippen molar-refractivity contribution in [2.45, 2.75) is 46.0 Å². The Labute approximate surface area is 204 Å². The Balaban J connectivity index is 1.93. The van der Waals surface area contributed by atoms with Gasteiger partial charge in [0.05, 0.1) is 7.11 Å². The molecule has 0 saturated carbocycles. The van der Waals surface area contributed by atoms with E-state index in [4.69, 9.17) is 10.5 Å². The number of benzene rings is 2. The number of amides is 1. The standard InChI is InChI=1S/C28H29N3O4/c1-15-6-9-17(10-7-15)31-20-13-27(3,4)14-21(32)22(20)28(23(24(31)29)25(33)35-5)18-12-16(2)8-11-19(18)30-26(28)34/h6-12H,13-14,29H2,1-5H3,(H,30,34). The maximum absolute atomic E-state index is 14.0. The molecule has 7 heteroatoms. The van der Waals surface area contributed by atoms with Gasteiger partial charge in [-0.1, -0.05) is 49.2 Å². The van der Waals surface area contributed by atoms with Crippen molar-refractivity contribution in [3.05, 3.63) is 81.8 Å². The number of hydrogen-bond acceptors (Lipinski definition) is 6. The number of Topliss-reactive ketones (excluding diaryl/α,β-unsaturated/α-hetero) is 1. The highest BCUT2D eigenvalue weighted by atomic mass is 16.5. The molecule has 2 aromatic carbocycles. The number of nitrogens with zero attached hydrogens (tertiary/aromatic N) is 1. The average Bonchev–Trinajstić information content (AvgIpc) is 3.05. The van der Waals surface area contributed by atoms with Crippen molar-refractivity contribution in [3.63, 3.8) is 0 Å². The summed E-state index contributed by atoms with van der Waals surface area (Å²) in [6.07, 6.45) is 0.755. The maximum atomic E-state index is 14.0. The molecule has 0 saturated heterocycles. The first kappa shape index (κ1) is 22.9. The molecule has 5 rings (SSSR count). The highest BCUT2D eigenvalue weighted by Gasteiger charge is 2.62. The van der Waals surface area contributed by atoms with Gasteiger partial charge in [0.25, 0.3) is 0 Å². The van der Waals surface area contributed by atoms with Gasteiger partial charge in [-0.15, -0.1) is 0 Å². The number of anilines is 2. The first-order chi connectivity index (χ1) is 16.5. The van der Waals surface area contributed by atoms with Crippen LogP contribution in [-0.2, 0) is 24.5 Å². The van der Waals surface area contributed by atoms with Crippen molar-refractivity contribution in [2.24, 2.45) is 11.1 Å². The number of nitrogens with two attached hydrogens (primary N) is 1. The van der Waals surface area contributed by atoms with E-state index in [0.29, 0.717) is 34.6 Å². The topological polar surface area (TPSA) is 102 Å². The Morgan fingerprint density at radius 3 is 2.34 bits per heavy atom. The molecule has 3 N–H and O–H groups in total. The summed E-state index contributed by atoms with van der Waals surface area (Å²) in [5.41, 5.74) is 9.46. The number of methoxy groups -OCH3 is 1. The van der Waals surface area contributed by atoms with Crippen molar-refractivity contribution in [2.75, 3.05) is 17.3 Å². The number of carbonyl (C=O) groups excluding carboxylic acids is 3. The lowest BCUT2D eigenvalue weighted by Crippen LogP contribution is -2.54. The van der Waals surface area contributed by atoms with E-state index in [1.54, 1.807) is 11.0 Å². The lowest BCUT2D eigenvalue weighted by Gasteiger charge is -2.47. The van der Waals surface area contributed by atoms with Crippen LogP contribution in [0.1, 0.15) is 43.4 Å². The van der Waals surface area contributed by atoms with Gasteiger partial charge in [-0.2, -0.15) is 0 Å². The number of allylic oxidation sites excluding steroid dienone is 1. The molecule has 0 radical (unpaired) electrons. The van der Waals surface area contributed by atoms with E-state index in [-0.39, 0.29) is 29.0 Å². The minimum atomic E-state index is -1.68. The number of ether oxygens (including phenoxy) is 1. The molecule has 2 aromatic rings. The molecule has 7 nitrogen and oxygen atoms in total. The number of ketones is 1. The zero-order chi connectivity index (χ0) is 25.3. The highest BCUT2D eigenvalue weighted by Crippen LogP contribution is 2.57. The van der Waals surface area contributed by atoms with E-state index in [0.717, 1.165) is 11.1 Å². The van der Waals surface area contributed by atoms with Gasteiger partial charge >= 0.3 is 5.97 Å². The number of carbonyl (C=O) groups is 3. The normalized spacial score (nSPS) is 22.8. The lowest BCUT2D eigenvalue weighted by atomic mass is 9.60. The Morgan fingerprint density at radius 1 is 1.03 bits per heavy atom. The van der Waals surface area contributed by atoms with E-state index in [9.17, 15) is 14.4 Å². The Bertz CT molecular complexity index is 1370. The number of aryl methyl sites for hydroxylation is 2. The van der Waals surface area contributed by atoms with E-state index in [1.807, 2.05) is 64.1 Å². The molecular formula is C28H29N3O4. The minimum absolute atomic E-state index is 0.0331. The van der Waals surface area contributed by atoms with Crippen LogP contribution in [0.5, 0.6) is 0 Å². The summed E-state index contributed by atoms with van der Waals surface area (Å²) < 4.78 is 5.18. The SMILES string of the molecule is COC(=O)C1=C(N)N(c2ccc(C)cc2)C2=C(C(=O)CC(C)(C)C2)C12C(=O)Nc1ccc(C)cc12. The van der Waals surface area contributed by atoms with Gasteiger partial charge in [0.1, 0.15) is 16.8 Å². The molecule has 3 aliphatic rings. The van der Waals surface area contributed by atoms with E-state index in [1.165, 1.54) is 7.11 Å². The fourth-order valence-corrected chi connectivity index (χ4v) is 5.74. The van der Waals surface area contributed by atoms with Crippen LogP contribution in [0.15, 0.2) is 65.1 Å². The van der Waals surface area contributed by atoms with Crippen LogP contribution in [-0.4, -0.2) is 24.8 Å². The van der Waals surface area contributed by atoms with Crippen LogP contribution in [0.3, 0.4) is 0 Å². The van der Waals surface area contributed by atoms with Crippen LogP contribution < -0.4 is 16.0 Å². The predicted molar refractivity (Wildman–Crippen MR) is 133 cm³/mol. The number of esters is 1. The molecule has 2 heterocycles. The summed E-state index contributed by atoms with van der Waals surface area (Å²) in [6, 6.07) is 13.2. The van der Waals surface area contributed by atoms with Gasteiger partial charge in [0.2, 0.25) is 5.91 Å². The van der Waals surface area contributed by atoms with Crippen molar-refractivity contribution in [1.29, 1.82) is 0 Å². The van der Waals surface area contributed by atoms with E-state index in [2.05, 4.69) is 5.32 Å². The summed E-state index contributed by atoms with van der Waals surface area (Å²) in [5.74, 6) is -1.29. The van der Waals surface area contributed by atoms with Crippen molar-refractivity contribution >= 4 is 29.0 Å². The summed E-state index contributed by atoms with van der Waals surface area (Å²) >= 11 is 0. The number of fused-ring (bicyclic) bond motifs is 3. The van der Waals surface area contributed by atoms with Crippen LogP contribution in [0, 0.1) is 19.3 Å². The van der Waals surface area contributed by atoms with Crippen LogP contribution in [0.2, 0.25) is 0 Å². The second-order valence-electron chi connectivity index (χ2n) is 10.4. The smallest absolute Gasteiger partial charge is 0.339 e. The molecule has 35 heavy (non-hydrogen) atoms. The number of rotatable bonds is 2. The lowest BCUT2D eigenvalue weighted by molar-refractivity contribution is -0.138. The van der Waals surface area contributed by atoms with Gasteiger partial charge in [0, 0.05) is 34.6 Å². The zero-order valence-corrected chi connectivity index (χ0v) is 20.6. The first-order valence-corrected chi connectivity index (χ1v) is 11.7. The molecule has 0 aromatic heterocycles. The fraction of sp³-hybridized carbons (Fsp3) is 0.321. The van der Waals surface area contributed by atoms with E-state index < -0.39 is 17.3 Å². The molecule has 1 aliphatic carbocycles. The highest BCUT2D eigenvalue weighted by molar-refractivity contribution is 6.23. The van der Waals surface area contributed by atoms with Crippen molar-refractivity contribution in [1.82, 2.24) is 0 Å². The van der Waals surface area contributed by atoms with Gasteiger partial charge in [0.15, 0.2) is 5.78 Å². The Hall–Kier alpha value is -3.87. The van der Waals surface area contributed by atoms with Gasteiger partial charge in [-0.25, -0.2) is 4.79 Å². The third kappa shape index (κ3) is 3.14. The first-order valence-electron chi connectivity index (χ1n) is 11.7. The van der Waals surface area contributed by atoms with Crippen LogP contribution in [0.25, 0.3) is 0 Å². The summed E-state index contributed by atoms with van der Waals surface area (Å²) in [4.78, 5) is 43.1. The third-order valence-corrected chi connectivity index (χ3v) is 7.22. The van der Waals surface area contributed by atoms with Gasteiger partial charge in [-0.3, -0.25) is 14.5 Å². The predicted octanol–water partition coefficient (Wildman–Crippen LogP) is 4.00. The fourth-order valence-electron chi connectivity index (χ4n) is 5.74. The van der Waals surface area contributed by atoms with Gasteiger partial charge < -0.3 is 15.8 Å². The molecular weight excluding hydrogens is 442 g/mol. The minimum Gasteiger partial charge on any atom is -0.466 e. The Morgan fingerprint density at radius 2 is 1.69 bits per heavy atom. The Kier molecular flexibility index (Phi) is 4.95. The average molecular weight is 472 g/mol. The third-order valence-electron chi connectivity index (χ3n) is 7.22. The van der Waals surface area contributed by atoms with Gasteiger partial charge in [-0.05, 0) is 43.9 Å². The summed E-state index contributed by atoms with van der Waals surface area (Å²) in [6.45, 7) is 7.94. The molecule has 1 unspecified atom stereocenters. The second-order valence-corrected chi connectivity index (χ2v) is 10.4. The van der Waals surface area contributed by atoms with Crippen LogP contribution in [0.4, 0.5) is 11.4 Å². The zero-order valence-electron chi connectivity index (χ0n) is 20.6. The summed E-state index contributed by atoms with van der Waals surface area (Å²) in [5, 5.41) is 2.91. The quantitative estimate of drug-likeness (QED) is 0.642. The molecule has 1 atom stereocenters. The summed E-state index contributed by atoms with van der Waals surface area (Å²) in [7, 11) is 1.26. The second kappa shape index (κ2) is 7.57. The maximum Gasteiger partial charge on any atom is 0.339 e. The molecule has 180 valence electrons. The number of hydrogen-bond donors (Lipinski definition) is 2.